The number of fused-ring (bicyclic) bond motifs is 1. The molecule has 0 fully saturated rings. The Bertz CT molecular complexity index is 991. The van der Waals surface area contributed by atoms with E-state index in [1.807, 2.05) is 0 Å². The lowest BCUT2D eigenvalue weighted by Crippen LogP contribution is -2.45. The number of aliphatic hydroxyl groups excluding tert-OH is 1. The van der Waals surface area contributed by atoms with Crippen LogP contribution < -0.4 is 0 Å². The molecule has 1 aromatic heterocycles. The highest BCUT2D eigenvalue weighted by Crippen LogP contribution is 2.30. The molecule has 2 rings (SSSR count). The molecule has 0 radical (unpaired) electrons. The van der Waals surface area contributed by atoms with Gasteiger partial charge in [-0.15, -0.1) is 0 Å². The zero-order valence-corrected chi connectivity index (χ0v) is 18.0. The maximum atomic E-state index is 12.6. The summed E-state index contributed by atoms with van der Waals surface area (Å²) in [5, 5.41) is 11.4. The zero-order valence-electron chi connectivity index (χ0n) is 15.6. The first-order valence-corrected chi connectivity index (χ1v) is 10.3. The molecule has 0 aliphatic rings. The van der Waals surface area contributed by atoms with Crippen molar-refractivity contribution >= 4 is 50.1 Å². The maximum Gasteiger partial charge on any atom is 0.328 e. The van der Waals surface area contributed by atoms with Gasteiger partial charge < -0.3 is 9.84 Å². The molecule has 0 aliphatic heterocycles. The number of esters is 1. The third-order valence-corrected chi connectivity index (χ3v) is 5.42. The second-order valence-corrected chi connectivity index (χ2v) is 9.20. The van der Waals surface area contributed by atoms with Gasteiger partial charge in [-0.3, -0.25) is 4.79 Å². The molecule has 0 amide bonds. The first kappa shape index (κ1) is 22.8. The molecule has 0 saturated heterocycles. The normalized spacial score (nSPS) is 13.7. The van der Waals surface area contributed by atoms with E-state index in [0.29, 0.717) is 15.8 Å². The highest BCUT2D eigenvalue weighted by Gasteiger charge is 2.32. The second-order valence-electron chi connectivity index (χ2n) is 6.91. The minimum Gasteiger partial charge on any atom is -0.459 e. The quantitative estimate of drug-likeness (QED) is 0.406. The van der Waals surface area contributed by atoms with Crippen LogP contribution in [0.1, 0.15) is 20.8 Å². The van der Waals surface area contributed by atoms with E-state index in [1.165, 1.54) is 31.4 Å². The molecular weight excluding hydrogens is 431 g/mol. The van der Waals surface area contributed by atoms with E-state index < -0.39 is 34.3 Å². The second kappa shape index (κ2) is 8.48. The Morgan fingerprint density at radius 2 is 1.93 bits per heavy atom. The topological polar surface area (TPSA) is 106 Å². The molecule has 1 heterocycles. The van der Waals surface area contributed by atoms with Gasteiger partial charge in [-0.25, -0.2) is 4.98 Å². The van der Waals surface area contributed by atoms with Gasteiger partial charge >= 0.3 is 16.1 Å². The Labute approximate surface area is 173 Å². The predicted octanol–water partition coefficient (Wildman–Crippen LogP) is 2.80. The van der Waals surface area contributed by atoms with Gasteiger partial charge in [0.2, 0.25) is 0 Å². The number of hydroxylamine groups is 2. The van der Waals surface area contributed by atoms with Crippen molar-refractivity contribution in [1.82, 2.24) is 10.0 Å². The van der Waals surface area contributed by atoms with E-state index in [9.17, 15) is 18.3 Å². The van der Waals surface area contributed by atoms with Crippen LogP contribution in [0.2, 0.25) is 10.2 Å². The van der Waals surface area contributed by atoms with Gasteiger partial charge in [0.05, 0.1) is 16.5 Å². The highest BCUT2D eigenvalue weighted by molar-refractivity contribution is 7.86. The number of likely N-dealkylation sites (N-methyl/N-ethyl adjacent to an activating group) is 1. The third kappa shape index (κ3) is 5.31. The molecule has 0 aliphatic carbocycles. The van der Waals surface area contributed by atoms with Crippen LogP contribution in [0.3, 0.4) is 0 Å². The summed E-state index contributed by atoms with van der Waals surface area (Å²) in [6.07, 6.45) is 1.36. The summed E-state index contributed by atoms with van der Waals surface area (Å²) < 4.78 is 35.4. The van der Waals surface area contributed by atoms with Crippen LogP contribution in [0.15, 0.2) is 29.3 Å². The average molecular weight is 451 g/mol. The standard InChI is InChI=1S/C17H20Cl2N2O6S/c1-17(2,3)26-16(23)14(9-22)21(4)27-28(24,25)10-5-6-11-12(7-10)15(19)20-8-13(11)18/h5-8,14,22H,9H2,1-4H3/t14-/m1/s1. The minimum absolute atomic E-state index is 0.0757. The molecule has 8 nitrogen and oxygen atoms in total. The minimum atomic E-state index is -4.34. The predicted molar refractivity (Wildman–Crippen MR) is 105 cm³/mol. The lowest BCUT2D eigenvalue weighted by Gasteiger charge is -2.27. The van der Waals surface area contributed by atoms with E-state index in [4.69, 9.17) is 32.2 Å². The number of ether oxygens (including phenoxy) is 1. The van der Waals surface area contributed by atoms with Crippen LogP contribution in [0, 0.1) is 0 Å². The number of aliphatic hydroxyl groups is 1. The smallest absolute Gasteiger partial charge is 0.328 e. The first-order valence-electron chi connectivity index (χ1n) is 8.10. The van der Waals surface area contributed by atoms with Gasteiger partial charge in [0.15, 0.2) is 6.04 Å². The monoisotopic (exact) mass is 450 g/mol. The van der Waals surface area contributed by atoms with E-state index >= 15 is 0 Å². The van der Waals surface area contributed by atoms with E-state index in [0.717, 1.165) is 5.06 Å². The highest BCUT2D eigenvalue weighted by atomic mass is 35.5. The Balaban J connectivity index is 2.30. The molecule has 154 valence electrons. The number of benzene rings is 1. The van der Waals surface area contributed by atoms with Crippen molar-refractivity contribution < 1.29 is 27.3 Å². The van der Waals surface area contributed by atoms with Gasteiger partial charge in [0.1, 0.15) is 10.8 Å². The molecule has 1 N–H and O–H groups in total. The van der Waals surface area contributed by atoms with Crippen molar-refractivity contribution in [2.24, 2.45) is 0 Å². The molecule has 1 atom stereocenters. The third-order valence-electron chi connectivity index (χ3n) is 3.56. The van der Waals surface area contributed by atoms with Crippen molar-refractivity contribution in [3.05, 3.63) is 34.6 Å². The van der Waals surface area contributed by atoms with Crippen molar-refractivity contribution in [2.45, 2.75) is 37.3 Å². The molecule has 2 aromatic rings. The Morgan fingerprint density at radius 1 is 1.29 bits per heavy atom. The Kier molecular flexibility index (Phi) is 6.90. The molecule has 0 unspecified atom stereocenters. The molecule has 28 heavy (non-hydrogen) atoms. The summed E-state index contributed by atoms with van der Waals surface area (Å²) in [5.41, 5.74) is -0.814. The molecular formula is C17H20Cl2N2O6S. The number of carbonyl (C=O) groups excluding carboxylic acids is 1. The lowest BCUT2D eigenvalue weighted by molar-refractivity contribution is -0.175. The van der Waals surface area contributed by atoms with E-state index in [2.05, 4.69) is 4.98 Å². The van der Waals surface area contributed by atoms with Crippen molar-refractivity contribution in [1.29, 1.82) is 0 Å². The van der Waals surface area contributed by atoms with Crippen LogP contribution >= 0.6 is 23.2 Å². The molecule has 0 spiro atoms. The van der Waals surface area contributed by atoms with Gasteiger partial charge in [0.25, 0.3) is 0 Å². The fraction of sp³-hybridized carbons (Fsp3) is 0.412. The average Bonchev–Trinajstić information content (AvgIpc) is 2.56. The van der Waals surface area contributed by atoms with Crippen LogP contribution in [-0.4, -0.2) is 54.8 Å². The van der Waals surface area contributed by atoms with Crippen molar-refractivity contribution in [3.63, 3.8) is 0 Å². The van der Waals surface area contributed by atoms with E-state index in [-0.39, 0.29) is 10.0 Å². The van der Waals surface area contributed by atoms with Crippen LogP contribution in [0.5, 0.6) is 0 Å². The number of hydrogen-bond acceptors (Lipinski definition) is 8. The summed E-state index contributed by atoms with van der Waals surface area (Å²) in [7, 11) is -3.13. The fourth-order valence-corrected chi connectivity index (χ4v) is 3.68. The number of nitrogens with zero attached hydrogens (tertiary/aromatic N) is 2. The summed E-state index contributed by atoms with van der Waals surface area (Å²) in [5.74, 6) is -0.828. The van der Waals surface area contributed by atoms with Gasteiger partial charge in [-0.1, -0.05) is 29.3 Å². The van der Waals surface area contributed by atoms with Crippen LogP contribution in [-0.2, 0) is 23.9 Å². The SMILES string of the molecule is CN(OS(=O)(=O)c1ccc2c(Cl)cnc(Cl)c2c1)[C@H](CO)C(=O)OC(C)(C)C. The Hall–Kier alpha value is -1.49. The lowest BCUT2D eigenvalue weighted by atomic mass is 10.2. The number of carbonyl (C=O) groups is 1. The number of rotatable bonds is 6. The largest absolute Gasteiger partial charge is 0.459 e. The van der Waals surface area contributed by atoms with Crippen molar-refractivity contribution in [3.8, 4) is 0 Å². The van der Waals surface area contributed by atoms with E-state index in [1.54, 1.807) is 20.8 Å². The molecule has 0 bridgehead atoms. The molecule has 1 aromatic carbocycles. The van der Waals surface area contributed by atoms with Crippen molar-refractivity contribution in [2.75, 3.05) is 13.7 Å². The Morgan fingerprint density at radius 3 is 2.50 bits per heavy atom. The molecule has 11 heteroatoms. The fourth-order valence-electron chi connectivity index (χ4n) is 2.27. The summed E-state index contributed by atoms with van der Waals surface area (Å²) in [6.45, 7) is 4.24. The van der Waals surface area contributed by atoms with Gasteiger partial charge in [-0.05, 0) is 32.9 Å². The summed E-state index contributed by atoms with van der Waals surface area (Å²) in [6, 6.07) is 2.68. The molecule has 0 saturated carbocycles. The van der Waals surface area contributed by atoms with Crippen LogP contribution in [0.25, 0.3) is 10.8 Å². The van der Waals surface area contributed by atoms with Crippen LogP contribution in [0.4, 0.5) is 0 Å². The first-order chi connectivity index (χ1) is 12.9. The zero-order chi connectivity index (χ0) is 21.3. The number of halogens is 2. The number of aromatic nitrogens is 1. The summed E-state index contributed by atoms with van der Waals surface area (Å²) in [4.78, 5) is 15.8. The maximum absolute atomic E-state index is 12.6. The summed E-state index contributed by atoms with van der Waals surface area (Å²) >= 11 is 12.1. The number of pyridine rings is 1. The number of hydrogen-bond donors (Lipinski definition) is 1. The van der Waals surface area contributed by atoms with Gasteiger partial charge in [-0.2, -0.15) is 17.8 Å². The van der Waals surface area contributed by atoms with Gasteiger partial charge in [0, 0.05) is 24.0 Å².